The van der Waals surface area contributed by atoms with Gasteiger partial charge in [-0.15, -0.1) is 0 Å². The molecule has 0 spiro atoms. The maximum absolute atomic E-state index is 13.5. The Labute approximate surface area is 173 Å². The summed E-state index contributed by atoms with van der Waals surface area (Å²) >= 11 is 5.86. The van der Waals surface area contributed by atoms with Crippen LogP contribution in [0.15, 0.2) is 36.4 Å². The first-order chi connectivity index (χ1) is 13.8. The number of benzene rings is 2. The molecule has 1 unspecified atom stereocenters. The fourth-order valence-electron chi connectivity index (χ4n) is 3.69. The topological polar surface area (TPSA) is 33.7 Å². The standard InChI is InChI=1S/C21H24ClF3N2O2/c1-28-15-5-6-16(19(13-15)29-2)20(27-10-3-8-26-9-11-27)14-4-7-18(22)17(12-14)21(23,24)25/h4-7,12-13,20,26H,3,8-11H2,1-2H3. The molecule has 2 aromatic carbocycles. The smallest absolute Gasteiger partial charge is 0.417 e. The maximum Gasteiger partial charge on any atom is 0.417 e. The molecule has 158 valence electrons. The maximum atomic E-state index is 13.5. The Hall–Kier alpha value is -1.96. The van der Waals surface area contributed by atoms with Crippen LogP contribution in [-0.4, -0.2) is 45.3 Å². The van der Waals surface area contributed by atoms with Crippen LogP contribution in [0.4, 0.5) is 13.2 Å². The van der Waals surface area contributed by atoms with Gasteiger partial charge in [0.15, 0.2) is 0 Å². The summed E-state index contributed by atoms with van der Waals surface area (Å²) in [5, 5.41) is 3.03. The van der Waals surface area contributed by atoms with E-state index in [0.29, 0.717) is 23.6 Å². The van der Waals surface area contributed by atoms with E-state index < -0.39 is 17.8 Å². The zero-order valence-electron chi connectivity index (χ0n) is 16.4. The summed E-state index contributed by atoms with van der Waals surface area (Å²) in [6.07, 6.45) is -3.63. The number of nitrogens with one attached hydrogen (secondary N) is 1. The minimum Gasteiger partial charge on any atom is -0.497 e. The van der Waals surface area contributed by atoms with Crippen LogP contribution in [-0.2, 0) is 6.18 Å². The van der Waals surface area contributed by atoms with Gasteiger partial charge < -0.3 is 14.8 Å². The fraction of sp³-hybridized carbons (Fsp3) is 0.429. The first kappa shape index (κ1) is 21.7. The number of alkyl halides is 3. The number of hydrogen-bond donors (Lipinski definition) is 1. The lowest BCUT2D eigenvalue weighted by molar-refractivity contribution is -0.137. The van der Waals surface area contributed by atoms with Gasteiger partial charge in [0.05, 0.1) is 30.8 Å². The molecule has 1 heterocycles. The Morgan fingerprint density at radius 3 is 2.52 bits per heavy atom. The van der Waals surface area contributed by atoms with Crippen molar-refractivity contribution in [3.05, 3.63) is 58.1 Å². The highest BCUT2D eigenvalue weighted by molar-refractivity contribution is 6.31. The van der Waals surface area contributed by atoms with E-state index in [0.717, 1.165) is 37.7 Å². The molecule has 1 saturated heterocycles. The predicted molar refractivity (Wildman–Crippen MR) is 107 cm³/mol. The summed E-state index contributed by atoms with van der Waals surface area (Å²) < 4.78 is 51.3. The van der Waals surface area contributed by atoms with E-state index in [4.69, 9.17) is 21.1 Å². The minimum atomic E-state index is -4.53. The van der Waals surface area contributed by atoms with Gasteiger partial charge in [0.2, 0.25) is 0 Å². The molecule has 1 atom stereocenters. The Kier molecular flexibility index (Phi) is 6.93. The zero-order valence-corrected chi connectivity index (χ0v) is 17.1. The number of hydrogen-bond acceptors (Lipinski definition) is 4. The molecular formula is C21H24ClF3N2O2. The van der Waals surface area contributed by atoms with Gasteiger partial charge in [-0.25, -0.2) is 0 Å². The molecule has 0 saturated carbocycles. The van der Waals surface area contributed by atoms with E-state index >= 15 is 0 Å². The van der Waals surface area contributed by atoms with Crippen LogP contribution in [0.2, 0.25) is 5.02 Å². The molecule has 1 N–H and O–H groups in total. The van der Waals surface area contributed by atoms with Crippen molar-refractivity contribution in [2.24, 2.45) is 0 Å². The number of methoxy groups -OCH3 is 2. The van der Waals surface area contributed by atoms with Crippen LogP contribution < -0.4 is 14.8 Å². The van der Waals surface area contributed by atoms with Gasteiger partial charge in [0.25, 0.3) is 0 Å². The molecule has 29 heavy (non-hydrogen) atoms. The average Bonchev–Trinajstić information content (AvgIpc) is 2.98. The Bertz CT molecular complexity index is 837. The highest BCUT2D eigenvalue weighted by Crippen LogP contribution is 2.41. The second-order valence-electron chi connectivity index (χ2n) is 6.89. The second-order valence-corrected chi connectivity index (χ2v) is 7.29. The van der Waals surface area contributed by atoms with E-state index in [1.807, 2.05) is 6.07 Å². The van der Waals surface area contributed by atoms with Crippen LogP contribution in [0.5, 0.6) is 11.5 Å². The van der Waals surface area contributed by atoms with Crippen molar-refractivity contribution in [1.82, 2.24) is 10.2 Å². The zero-order chi connectivity index (χ0) is 21.0. The quantitative estimate of drug-likeness (QED) is 0.744. The predicted octanol–water partition coefficient (Wildman–Crippen LogP) is 4.76. The lowest BCUT2D eigenvalue weighted by Crippen LogP contribution is -2.33. The highest BCUT2D eigenvalue weighted by Gasteiger charge is 2.35. The number of rotatable bonds is 5. The molecule has 1 aliphatic heterocycles. The Balaban J connectivity index is 2.14. The molecule has 0 amide bonds. The van der Waals surface area contributed by atoms with Gasteiger partial charge in [0.1, 0.15) is 11.5 Å². The SMILES string of the molecule is COc1ccc(C(c2ccc(Cl)c(C(F)(F)F)c2)N2CCCNCC2)c(OC)c1. The molecule has 8 heteroatoms. The minimum absolute atomic E-state index is 0.306. The first-order valence-electron chi connectivity index (χ1n) is 9.38. The summed E-state index contributed by atoms with van der Waals surface area (Å²) in [6.45, 7) is 3.08. The van der Waals surface area contributed by atoms with E-state index in [1.165, 1.54) is 6.07 Å². The average molecular weight is 429 g/mol. The highest BCUT2D eigenvalue weighted by atomic mass is 35.5. The third-order valence-corrected chi connectivity index (χ3v) is 5.42. The summed E-state index contributed by atoms with van der Waals surface area (Å²) in [5.74, 6) is 1.18. The molecule has 4 nitrogen and oxygen atoms in total. The molecule has 1 fully saturated rings. The molecular weight excluding hydrogens is 405 g/mol. The van der Waals surface area contributed by atoms with E-state index in [-0.39, 0.29) is 5.02 Å². The fourth-order valence-corrected chi connectivity index (χ4v) is 3.91. The van der Waals surface area contributed by atoms with Crippen LogP contribution in [0.25, 0.3) is 0 Å². The number of halogens is 4. The van der Waals surface area contributed by atoms with Crippen molar-refractivity contribution in [3.8, 4) is 11.5 Å². The van der Waals surface area contributed by atoms with E-state index in [2.05, 4.69) is 10.2 Å². The lowest BCUT2D eigenvalue weighted by Gasteiger charge is -2.32. The van der Waals surface area contributed by atoms with Gasteiger partial charge >= 0.3 is 6.18 Å². The molecule has 1 aliphatic rings. The summed E-state index contributed by atoms with van der Waals surface area (Å²) in [5.41, 5.74) is 0.472. The summed E-state index contributed by atoms with van der Waals surface area (Å²) in [7, 11) is 3.10. The monoisotopic (exact) mass is 428 g/mol. The second kappa shape index (κ2) is 9.24. The van der Waals surface area contributed by atoms with Crippen molar-refractivity contribution in [1.29, 1.82) is 0 Å². The Morgan fingerprint density at radius 2 is 1.83 bits per heavy atom. The van der Waals surface area contributed by atoms with Crippen LogP contribution in [0, 0.1) is 0 Å². The van der Waals surface area contributed by atoms with Crippen molar-refractivity contribution >= 4 is 11.6 Å². The van der Waals surface area contributed by atoms with Gasteiger partial charge in [-0.05, 0) is 42.8 Å². The molecule has 0 bridgehead atoms. The first-order valence-corrected chi connectivity index (χ1v) is 9.76. The van der Waals surface area contributed by atoms with Gasteiger partial charge in [-0.1, -0.05) is 17.7 Å². The van der Waals surface area contributed by atoms with Crippen LogP contribution in [0.3, 0.4) is 0 Å². The molecule has 0 aliphatic carbocycles. The van der Waals surface area contributed by atoms with Crippen molar-refractivity contribution < 1.29 is 22.6 Å². The molecule has 0 radical (unpaired) electrons. The number of ether oxygens (including phenoxy) is 2. The van der Waals surface area contributed by atoms with Crippen molar-refractivity contribution in [3.63, 3.8) is 0 Å². The Morgan fingerprint density at radius 1 is 1.03 bits per heavy atom. The van der Waals surface area contributed by atoms with E-state index in [9.17, 15) is 13.2 Å². The van der Waals surface area contributed by atoms with E-state index in [1.54, 1.807) is 32.4 Å². The number of nitrogens with zero attached hydrogens (tertiary/aromatic N) is 1. The van der Waals surface area contributed by atoms with Crippen molar-refractivity contribution in [2.45, 2.75) is 18.6 Å². The summed E-state index contributed by atoms with van der Waals surface area (Å²) in [4.78, 5) is 2.17. The lowest BCUT2D eigenvalue weighted by atomic mass is 9.94. The third kappa shape index (κ3) is 4.97. The van der Waals surface area contributed by atoms with Crippen LogP contribution in [0.1, 0.15) is 29.2 Å². The molecule has 2 aromatic rings. The van der Waals surface area contributed by atoms with Gasteiger partial charge in [-0.3, -0.25) is 4.90 Å². The normalized spacial score (nSPS) is 16.9. The largest absolute Gasteiger partial charge is 0.497 e. The van der Waals surface area contributed by atoms with Gasteiger partial charge in [-0.2, -0.15) is 13.2 Å². The molecule has 0 aromatic heterocycles. The van der Waals surface area contributed by atoms with Crippen molar-refractivity contribution in [2.75, 3.05) is 40.4 Å². The third-order valence-electron chi connectivity index (χ3n) is 5.09. The van der Waals surface area contributed by atoms with Gasteiger partial charge in [0, 0.05) is 31.3 Å². The molecule has 3 rings (SSSR count). The summed E-state index contributed by atoms with van der Waals surface area (Å²) in [6, 6.07) is 9.11. The van der Waals surface area contributed by atoms with Crippen LogP contribution >= 0.6 is 11.6 Å².